The maximum absolute atomic E-state index is 14.9. The monoisotopic (exact) mass is 542 g/mol. The molecule has 1 aromatic heterocycles. The summed E-state index contributed by atoms with van der Waals surface area (Å²) < 4.78 is 99.0. The minimum absolute atomic E-state index is 0.0941. The number of hydrogen-bond donors (Lipinski definition) is 2. The van der Waals surface area contributed by atoms with Crippen molar-refractivity contribution in [1.82, 2.24) is 10.3 Å². The van der Waals surface area contributed by atoms with E-state index in [0.29, 0.717) is 25.1 Å². The number of nitrogens with one attached hydrogen (secondary N) is 1. The molecule has 1 unspecified atom stereocenters. The number of methoxy groups -OCH3 is 1. The molecule has 1 saturated heterocycles. The van der Waals surface area contributed by atoms with Gasteiger partial charge in [-0.25, -0.2) is 17.6 Å². The van der Waals surface area contributed by atoms with Crippen LogP contribution in [0.5, 0.6) is 5.75 Å². The third kappa shape index (κ3) is 6.17. The molecule has 0 bridgehead atoms. The Morgan fingerprint density at radius 1 is 1.24 bits per heavy atom. The highest BCUT2D eigenvalue weighted by molar-refractivity contribution is 6.17. The summed E-state index contributed by atoms with van der Waals surface area (Å²) in [6.07, 6.45) is -3.50. The first-order chi connectivity index (χ1) is 19.6. The van der Waals surface area contributed by atoms with Crippen molar-refractivity contribution >= 4 is 17.3 Å². The first-order valence-electron chi connectivity index (χ1n) is 14.0. The fourth-order valence-corrected chi connectivity index (χ4v) is 4.71. The molecule has 0 spiro atoms. The normalized spacial score (nSPS) is 21.5. The van der Waals surface area contributed by atoms with Crippen LogP contribution in [0.4, 0.5) is 23.2 Å². The molecule has 1 fully saturated rings. The molecule has 5 nitrogen and oxygen atoms in total. The lowest BCUT2D eigenvalue weighted by molar-refractivity contribution is -0.0497. The molecule has 2 heterocycles. The third-order valence-electron chi connectivity index (χ3n) is 6.50. The molecule has 0 radical (unpaired) electrons. The van der Waals surface area contributed by atoms with Crippen molar-refractivity contribution in [2.45, 2.75) is 37.4 Å². The summed E-state index contributed by atoms with van der Waals surface area (Å²) in [5, 5.41) is 13.6. The predicted octanol–water partition coefficient (Wildman–Crippen LogP) is 5.38. The van der Waals surface area contributed by atoms with E-state index in [0.717, 1.165) is 11.6 Å². The Kier molecular flexibility index (Phi) is 6.90. The number of piperidine rings is 1. The summed E-state index contributed by atoms with van der Waals surface area (Å²) >= 11 is 6.05. The average molecular weight is 543 g/mol. The van der Waals surface area contributed by atoms with E-state index in [1.807, 2.05) is 30.3 Å². The number of pyridine rings is 1. The molecule has 3 aromatic rings. The quantitative estimate of drug-likeness (QED) is 0.281. The number of aliphatic hydroxyl groups excluding tert-OH is 1. The number of halogens is 5. The molecular weight excluding hydrogens is 510 g/mol. The highest BCUT2D eigenvalue weighted by Gasteiger charge is 2.38. The van der Waals surface area contributed by atoms with Crippen LogP contribution in [0.3, 0.4) is 0 Å². The van der Waals surface area contributed by atoms with E-state index in [-0.39, 0.29) is 30.0 Å². The fraction of sp³-hybridized carbons (Fsp3) is 0.370. The smallest absolute Gasteiger partial charge is 0.264 e. The van der Waals surface area contributed by atoms with Gasteiger partial charge in [0.2, 0.25) is 0 Å². The predicted molar refractivity (Wildman–Crippen MR) is 135 cm³/mol. The van der Waals surface area contributed by atoms with E-state index >= 15 is 0 Å². The minimum Gasteiger partial charge on any atom is -0.494 e. The van der Waals surface area contributed by atoms with E-state index in [9.17, 15) is 22.7 Å². The van der Waals surface area contributed by atoms with Crippen molar-refractivity contribution in [3.63, 3.8) is 0 Å². The van der Waals surface area contributed by atoms with Crippen molar-refractivity contribution < 1.29 is 34.3 Å². The first-order valence-corrected chi connectivity index (χ1v) is 11.9. The Hall–Kier alpha value is -2.88. The van der Waals surface area contributed by atoms with E-state index < -0.39 is 60.3 Å². The maximum Gasteiger partial charge on any atom is 0.264 e. The number of benzene rings is 2. The number of rotatable bonds is 9. The minimum atomic E-state index is -3.02. The van der Waals surface area contributed by atoms with Gasteiger partial charge in [0.05, 0.1) is 28.7 Å². The van der Waals surface area contributed by atoms with Gasteiger partial charge in [-0.1, -0.05) is 30.3 Å². The largest absolute Gasteiger partial charge is 0.494 e. The highest BCUT2D eigenvalue weighted by atomic mass is 35.5. The molecule has 4 rings (SSSR count). The second-order valence-corrected chi connectivity index (χ2v) is 8.93. The zero-order chi connectivity index (χ0) is 30.8. The third-order valence-corrected chi connectivity index (χ3v) is 6.70. The molecule has 0 saturated carbocycles. The number of alkyl halides is 3. The SMILES string of the molecule is [2H]C([2H])([2H])Oc1cc(F)c(-c2cc(C([2H])([2H])Cl)c(N3CC[C@@H](NCc4ccccc4)C([C@H](O)C(F)F)C3)cn2)cc1F. The Bertz CT molecular complexity index is 1380. The van der Waals surface area contributed by atoms with Crippen LogP contribution in [0.25, 0.3) is 11.3 Å². The van der Waals surface area contributed by atoms with Gasteiger partial charge in [0.15, 0.2) is 11.6 Å². The van der Waals surface area contributed by atoms with Gasteiger partial charge in [0.1, 0.15) is 11.9 Å². The van der Waals surface area contributed by atoms with Gasteiger partial charge < -0.3 is 20.1 Å². The van der Waals surface area contributed by atoms with Crippen molar-refractivity contribution in [2.75, 3.05) is 25.0 Å². The Morgan fingerprint density at radius 2 is 2.03 bits per heavy atom. The first kappa shape index (κ1) is 21.1. The summed E-state index contributed by atoms with van der Waals surface area (Å²) in [6.45, 7) is 0.565. The molecule has 2 aromatic carbocycles. The van der Waals surface area contributed by atoms with Crippen LogP contribution in [0.1, 0.15) is 24.4 Å². The molecule has 37 heavy (non-hydrogen) atoms. The van der Waals surface area contributed by atoms with E-state index in [4.69, 9.17) is 18.5 Å². The van der Waals surface area contributed by atoms with Crippen molar-refractivity contribution in [3.05, 3.63) is 77.5 Å². The zero-order valence-corrected chi connectivity index (χ0v) is 20.2. The summed E-state index contributed by atoms with van der Waals surface area (Å²) in [5.74, 6) is -6.59. The van der Waals surface area contributed by atoms with Gasteiger partial charge >= 0.3 is 0 Å². The number of aromatic nitrogens is 1. The average Bonchev–Trinajstić information content (AvgIpc) is 2.92. The van der Waals surface area contributed by atoms with Crippen molar-refractivity contribution in [2.24, 2.45) is 5.92 Å². The van der Waals surface area contributed by atoms with E-state index in [1.54, 1.807) is 4.90 Å². The van der Waals surface area contributed by atoms with E-state index in [2.05, 4.69) is 15.0 Å². The van der Waals surface area contributed by atoms with Crippen LogP contribution in [0.2, 0.25) is 0 Å². The molecule has 198 valence electrons. The Labute approximate surface area is 225 Å². The van der Waals surface area contributed by atoms with Crippen LogP contribution < -0.4 is 15.0 Å². The maximum atomic E-state index is 14.9. The zero-order valence-electron chi connectivity index (χ0n) is 24.5. The second kappa shape index (κ2) is 12.1. The molecule has 1 aliphatic heterocycles. The number of anilines is 1. The van der Waals surface area contributed by atoms with Gasteiger partial charge in [-0.05, 0) is 29.7 Å². The van der Waals surface area contributed by atoms with Crippen molar-refractivity contribution in [3.8, 4) is 17.0 Å². The Balaban J connectivity index is 1.64. The van der Waals surface area contributed by atoms with Crippen LogP contribution in [0.15, 0.2) is 54.7 Å². The molecule has 2 N–H and O–H groups in total. The highest BCUT2D eigenvalue weighted by Crippen LogP contribution is 2.34. The lowest BCUT2D eigenvalue weighted by Gasteiger charge is -2.42. The number of hydrogen-bond acceptors (Lipinski definition) is 5. The molecular formula is C27H28ClF4N3O2. The lowest BCUT2D eigenvalue weighted by atomic mass is 9.86. The van der Waals surface area contributed by atoms with Gasteiger partial charge in [-0.2, -0.15) is 0 Å². The molecule has 1 aliphatic rings. The van der Waals surface area contributed by atoms with Crippen LogP contribution in [0, 0.1) is 17.6 Å². The van der Waals surface area contributed by atoms with Gasteiger partial charge in [0.25, 0.3) is 6.43 Å². The summed E-state index contributed by atoms with van der Waals surface area (Å²) in [7, 11) is -3.02. The lowest BCUT2D eigenvalue weighted by Crippen LogP contribution is -2.55. The van der Waals surface area contributed by atoms with Crippen LogP contribution in [-0.2, 0) is 12.4 Å². The molecule has 0 aliphatic carbocycles. The summed E-state index contributed by atoms with van der Waals surface area (Å²) in [4.78, 5) is 5.73. The van der Waals surface area contributed by atoms with Gasteiger partial charge in [-0.15, -0.1) is 11.6 Å². The van der Waals surface area contributed by atoms with Crippen LogP contribution >= 0.6 is 11.6 Å². The molecule has 10 heteroatoms. The number of ether oxygens (including phenoxy) is 1. The van der Waals surface area contributed by atoms with E-state index in [1.165, 1.54) is 6.20 Å². The topological polar surface area (TPSA) is 57.6 Å². The number of aliphatic hydroxyl groups is 1. The summed E-state index contributed by atoms with van der Waals surface area (Å²) in [6, 6.07) is 11.2. The summed E-state index contributed by atoms with van der Waals surface area (Å²) in [5.41, 5.74) is 0.268. The van der Waals surface area contributed by atoms with Crippen molar-refractivity contribution in [1.29, 1.82) is 0 Å². The molecule has 0 amide bonds. The fourth-order valence-electron chi connectivity index (χ4n) is 4.56. The van der Waals surface area contributed by atoms with Gasteiger partial charge in [0, 0.05) is 51.8 Å². The Morgan fingerprint density at radius 3 is 2.73 bits per heavy atom. The standard InChI is InChI=1S/C27H28ClF4N3O2/c1-37-25-11-20(29)18(10-21(25)30)23-9-17(12-28)24(14-34-23)35-8-7-22(19(15-35)26(36)27(31)32)33-13-16-5-3-2-4-6-16/h2-6,9-11,14,19,22,26-27,33,36H,7-8,12-13,15H2,1H3/t19?,22-,26+/m1/s1/i1D3,12D2. The number of nitrogens with zero attached hydrogens (tertiary/aromatic N) is 2. The van der Waals surface area contributed by atoms with Gasteiger partial charge in [-0.3, -0.25) is 4.98 Å². The molecule has 3 atom stereocenters. The van der Waals surface area contributed by atoms with Crippen LogP contribution in [-0.4, -0.2) is 48.8 Å². The second-order valence-electron chi connectivity index (χ2n) is 8.74.